The third-order valence-corrected chi connectivity index (χ3v) is 7.96. The lowest BCUT2D eigenvalue weighted by atomic mass is 10.2. The van der Waals surface area contributed by atoms with Crippen molar-refractivity contribution >= 4 is 39.2 Å². The minimum atomic E-state index is -4.20. The van der Waals surface area contributed by atoms with E-state index in [9.17, 15) is 13.5 Å². The predicted molar refractivity (Wildman–Crippen MR) is 141 cm³/mol. The Hall–Kier alpha value is -3.63. The molecule has 4 rings (SSSR count). The van der Waals surface area contributed by atoms with E-state index < -0.39 is 21.4 Å². The molecule has 0 saturated heterocycles. The van der Waals surface area contributed by atoms with Crippen LogP contribution in [0.4, 0.5) is 5.95 Å². The van der Waals surface area contributed by atoms with Gasteiger partial charge in [-0.25, -0.2) is 18.4 Å². The number of nitrogens with zero attached hydrogens (tertiary/aromatic N) is 5. The second kappa shape index (κ2) is 11.0. The Bertz CT molecular complexity index is 1560. The van der Waals surface area contributed by atoms with E-state index >= 15 is 0 Å². The molecule has 0 aliphatic carbocycles. The van der Waals surface area contributed by atoms with Crippen LogP contribution in [0.1, 0.15) is 24.4 Å². The summed E-state index contributed by atoms with van der Waals surface area (Å²) in [5, 5.41) is 18.1. The molecule has 2 N–H and O–H groups in total. The number of methoxy groups -OCH3 is 2. The van der Waals surface area contributed by atoms with Gasteiger partial charge in [0, 0.05) is 19.5 Å². The molecule has 0 unspecified atom stereocenters. The fraction of sp³-hybridized carbons (Fsp3) is 0.250. The Balaban J connectivity index is 1.83. The van der Waals surface area contributed by atoms with Crippen molar-refractivity contribution < 1.29 is 23.0 Å². The van der Waals surface area contributed by atoms with E-state index in [4.69, 9.17) is 32.7 Å². The van der Waals surface area contributed by atoms with Crippen LogP contribution in [-0.4, -0.2) is 57.7 Å². The number of hydrogen-bond acceptors (Lipinski definition) is 9. The lowest BCUT2D eigenvalue weighted by molar-refractivity contribution is 0.0949. The maximum absolute atomic E-state index is 13.5. The van der Waals surface area contributed by atoms with Gasteiger partial charge in [-0.2, -0.15) is 0 Å². The molecular formula is C24H22Cl2N6O5S. The van der Waals surface area contributed by atoms with Crippen molar-refractivity contribution in [2.24, 2.45) is 0 Å². The average Bonchev–Trinajstić information content (AvgIpc) is 3.29. The Labute approximate surface area is 229 Å². The van der Waals surface area contributed by atoms with E-state index in [0.29, 0.717) is 0 Å². The molecule has 2 heterocycles. The molecule has 2 aromatic carbocycles. The average molecular weight is 577 g/mol. The number of rotatable bonds is 9. The number of halogens is 2. The minimum Gasteiger partial charge on any atom is -0.506 e. The molecule has 0 aliphatic heterocycles. The smallest absolute Gasteiger partial charge is 0.243 e. The number of nitrogens with one attached hydrogen (secondary N) is 1. The Morgan fingerprint density at radius 3 is 2.47 bits per heavy atom. The van der Waals surface area contributed by atoms with E-state index in [2.05, 4.69) is 37.0 Å². The second-order valence-corrected chi connectivity index (χ2v) is 10.9. The van der Waals surface area contributed by atoms with Crippen LogP contribution in [0.15, 0.2) is 36.7 Å². The van der Waals surface area contributed by atoms with E-state index in [1.807, 2.05) is 6.92 Å². The predicted octanol–water partition coefficient (Wildman–Crippen LogP) is 4.17. The zero-order valence-corrected chi connectivity index (χ0v) is 22.9. The number of phenols is 1. The van der Waals surface area contributed by atoms with Crippen molar-refractivity contribution in [2.75, 3.05) is 18.9 Å². The Kier molecular flexibility index (Phi) is 7.94. The molecule has 2 aromatic heterocycles. The third kappa shape index (κ3) is 5.32. The van der Waals surface area contributed by atoms with Crippen molar-refractivity contribution in [1.82, 2.24) is 24.7 Å². The number of anilines is 1. The van der Waals surface area contributed by atoms with Crippen LogP contribution in [0.2, 0.25) is 10.0 Å². The van der Waals surface area contributed by atoms with Gasteiger partial charge < -0.3 is 14.6 Å². The van der Waals surface area contributed by atoms with Gasteiger partial charge in [0.25, 0.3) is 0 Å². The van der Waals surface area contributed by atoms with Crippen LogP contribution in [0.5, 0.6) is 11.5 Å². The van der Waals surface area contributed by atoms with Crippen LogP contribution >= 0.6 is 23.2 Å². The molecule has 0 saturated carbocycles. The Morgan fingerprint density at radius 1 is 1.13 bits per heavy atom. The number of ether oxygens (including phenoxy) is 2. The van der Waals surface area contributed by atoms with Crippen LogP contribution in [0.3, 0.4) is 0 Å². The van der Waals surface area contributed by atoms with Gasteiger partial charge in [0.1, 0.15) is 33.6 Å². The van der Waals surface area contributed by atoms with Gasteiger partial charge in [-0.3, -0.25) is 9.29 Å². The van der Waals surface area contributed by atoms with Gasteiger partial charge in [-0.1, -0.05) is 35.3 Å². The molecular weight excluding hydrogens is 555 g/mol. The van der Waals surface area contributed by atoms with Crippen LogP contribution < -0.4 is 9.46 Å². The van der Waals surface area contributed by atoms with Crippen molar-refractivity contribution in [3.8, 4) is 28.6 Å². The van der Waals surface area contributed by atoms with Gasteiger partial charge in [-0.15, -0.1) is 10.2 Å². The molecule has 0 amide bonds. The number of hydrogen-bond donors (Lipinski definition) is 2. The number of para-hydroxylation sites is 1. The number of sulfonamides is 1. The van der Waals surface area contributed by atoms with Crippen molar-refractivity contribution in [3.05, 3.63) is 70.2 Å². The van der Waals surface area contributed by atoms with Crippen LogP contribution in [0, 0.1) is 19.1 Å². The fourth-order valence-electron chi connectivity index (χ4n) is 3.60. The van der Waals surface area contributed by atoms with E-state index in [-0.39, 0.29) is 50.4 Å². The van der Waals surface area contributed by atoms with Gasteiger partial charge in [-0.05, 0) is 43.7 Å². The lowest BCUT2D eigenvalue weighted by Crippen LogP contribution is -2.33. The summed E-state index contributed by atoms with van der Waals surface area (Å²) in [5.74, 6) is 0.0135. The highest BCUT2D eigenvalue weighted by Crippen LogP contribution is 2.38. The third-order valence-electron chi connectivity index (χ3n) is 5.57. The summed E-state index contributed by atoms with van der Waals surface area (Å²) < 4.78 is 41.7. The molecule has 0 spiro atoms. The fourth-order valence-corrected chi connectivity index (χ4v) is 4.99. The number of aromatic nitrogens is 5. The topological polar surface area (TPSA) is 141 Å². The summed E-state index contributed by atoms with van der Waals surface area (Å²) in [5.41, 5.74) is 1.16. The normalized spacial score (nSPS) is 13.0. The molecule has 14 heteroatoms. The summed E-state index contributed by atoms with van der Waals surface area (Å²) in [6.45, 7) is 3.26. The summed E-state index contributed by atoms with van der Waals surface area (Å²) in [4.78, 5) is 8.42. The molecule has 0 aliphatic rings. The summed E-state index contributed by atoms with van der Waals surface area (Å²) in [7, 11) is -1.43. The lowest BCUT2D eigenvalue weighted by Gasteiger charge is -2.22. The monoisotopic (exact) mass is 576 g/mol. The van der Waals surface area contributed by atoms with Crippen molar-refractivity contribution in [1.29, 1.82) is 0 Å². The molecule has 11 nitrogen and oxygen atoms in total. The summed E-state index contributed by atoms with van der Waals surface area (Å²) >= 11 is 12.2. The highest BCUT2D eigenvalue weighted by Gasteiger charge is 2.35. The van der Waals surface area contributed by atoms with Gasteiger partial charge in [0.15, 0.2) is 11.6 Å². The number of aryl methyl sites for hydroxylation is 1. The number of phenolic OH excluding ortho intramolecular Hbond substituents is 1. The van der Waals surface area contributed by atoms with Crippen LogP contribution in [-0.2, 0) is 14.8 Å². The standard InChI is InChI=1S/C24H22Cl2N6O5S/c1-13-11-27-22(28-12-13)21(37-4)14(2)38(34,35)31-24-30-29-23(15-8-9-16(25)17(26)10-15)32(24)20-18(33)6-5-7-19(20)36-3/h5-7,10-12,14,21,33H,1-4H3,(H,30,31)/t14-,21-/m0/s1. The molecule has 0 radical (unpaired) electrons. The van der Waals surface area contributed by atoms with Crippen molar-refractivity contribution in [2.45, 2.75) is 25.2 Å². The maximum atomic E-state index is 13.5. The largest absolute Gasteiger partial charge is 0.506 e. The van der Waals surface area contributed by atoms with Gasteiger partial charge >= 0.3 is 0 Å². The van der Waals surface area contributed by atoms with Crippen molar-refractivity contribution in [3.63, 3.8) is 0 Å². The molecule has 198 valence electrons. The minimum absolute atomic E-state index is 0.0741. The maximum Gasteiger partial charge on any atom is 0.243 e. The quantitative estimate of drug-likeness (QED) is 0.300. The molecule has 0 fully saturated rings. The Morgan fingerprint density at radius 2 is 1.84 bits per heavy atom. The summed E-state index contributed by atoms with van der Waals surface area (Å²) in [6.07, 6.45) is 2.14. The first-order valence-corrected chi connectivity index (χ1v) is 13.3. The first-order valence-electron chi connectivity index (χ1n) is 11.0. The number of benzene rings is 1. The molecule has 38 heavy (non-hydrogen) atoms. The number of aromatic hydroxyl groups is 1. The van der Waals surface area contributed by atoms with E-state index in [1.54, 1.807) is 24.5 Å². The van der Waals surface area contributed by atoms with Crippen LogP contribution in [0.25, 0.3) is 17.1 Å². The first-order chi connectivity index (χ1) is 18.1. The molecule has 4 aromatic rings. The zero-order chi connectivity index (χ0) is 27.6. The van der Waals surface area contributed by atoms with Gasteiger partial charge in [0.2, 0.25) is 16.0 Å². The zero-order valence-electron chi connectivity index (χ0n) is 20.6. The molecule has 0 bridgehead atoms. The summed E-state index contributed by atoms with van der Waals surface area (Å²) in [6, 6.07) is 11.5. The van der Waals surface area contributed by atoms with E-state index in [0.717, 1.165) is 5.56 Å². The highest BCUT2D eigenvalue weighted by atomic mass is 35.5. The highest BCUT2D eigenvalue weighted by molar-refractivity contribution is 7.93. The van der Waals surface area contributed by atoms with Gasteiger partial charge in [0.05, 0.1) is 17.7 Å². The first kappa shape index (κ1) is 27.4. The second-order valence-electron chi connectivity index (χ2n) is 8.11. The molecule has 2 atom stereocenters. The SMILES string of the molecule is COc1cccc(O)c1-n1c(NS(=O)(=O)[C@@H](C)[C@H](OC)c2ncc(C)cn2)nnc1-c1c#cc(Cl)c(Cl)c1. The van der Waals surface area contributed by atoms with E-state index in [1.165, 1.54) is 37.8 Å².